The molecular formula is C15H18O2S. The van der Waals surface area contributed by atoms with Gasteiger partial charge in [0.05, 0.1) is 0 Å². The molecule has 2 rings (SSSR count). The van der Waals surface area contributed by atoms with Crippen molar-refractivity contribution in [1.82, 2.24) is 0 Å². The zero-order valence-electron chi connectivity index (χ0n) is 11.0. The molecule has 2 aromatic rings. The first kappa shape index (κ1) is 13.2. The molecule has 0 saturated carbocycles. The summed E-state index contributed by atoms with van der Waals surface area (Å²) >= 11 is 1.69. The van der Waals surface area contributed by atoms with E-state index in [1.165, 1.54) is 10.1 Å². The highest BCUT2D eigenvalue weighted by Crippen LogP contribution is 2.26. The molecule has 1 heterocycles. The number of methoxy groups -OCH3 is 1. The summed E-state index contributed by atoms with van der Waals surface area (Å²) in [6.45, 7) is 4.02. The van der Waals surface area contributed by atoms with Crippen LogP contribution in [0.15, 0.2) is 29.6 Å². The van der Waals surface area contributed by atoms with Crippen molar-refractivity contribution < 1.29 is 9.53 Å². The maximum absolute atomic E-state index is 12.2. The van der Waals surface area contributed by atoms with Crippen molar-refractivity contribution in [3.8, 4) is 0 Å². The highest BCUT2D eigenvalue weighted by molar-refractivity contribution is 7.17. The second-order valence-electron chi connectivity index (χ2n) is 4.80. The van der Waals surface area contributed by atoms with Crippen molar-refractivity contribution in [3.05, 3.63) is 35.2 Å². The van der Waals surface area contributed by atoms with Crippen LogP contribution < -0.4 is 0 Å². The van der Waals surface area contributed by atoms with Crippen LogP contribution in [0, 0.1) is 5.92 Å². The van der Waals surface area contributed by atoms with Gasteiger partial charge < -0.3 is 4.74 Å². The van der Waals surface area contributed by atoms with Crippen LogP contribution in [0.5, 0.6) is 0 Å². The number of rotatable bonds is 5. The van der Waals surface area contributed by atoms with Crippen LogP contribution in [0.4, 0.5) is 0 Å². The van der Waals surface area contributed by atoms with E-state index in [9.17, 15) is 4.79 Å². The summed E-state index contributed by atoms with van der Waals surface area (Å²) in [4.78, 5) is 12.2. The standard InChI is InChI=1S/C15H18O2S/c1-10(2)15(17-3)13(16)8-11-9-18-14-7-5-4-6-12(11)14/h4-7,9-10,15H,8H2,1-3H3. The quantitative estimate of drug-likeness (QED) is 0.821. The highest BCUT2D eigenvalue weighted by atomic mass is 32.1. The van der Waals surface area contributed by atoms with Gasteiger partial charge in [-0.1, -0.05) is 32.0 Å². The van der Waals surface area contributed by atoms with Crippen LogP contribution >= 0.6 is 11.3 Å². The third-order valence-electron chi connectivity index (χ3n) is 3.10. The van der Waals surface area contributed by atoms with Crippen molar-refractivity contribution in [2.24, 2.45) is 5.92 Å². The van der Waals surface area contributed by atoms with Gasteiger partial charge in [0.15, 0.2) is 5.78 Å². The van der Waals surface area contributed by atoms with Crippen LogP contribution in [0.3, 0.4) is 0 Å². The van der Waals surface area contributed by atoms with Crippen LogP contribution in [0.2, 0.25) is 0 Å². The van der Waals surface area contributed by atoms with Crippen LogP contribution in [0.25, 0.3) is 10.1 Å². The van der Waals surface area contributed by atoms with Gasteiger partial charge in [-0.05, 0) is 28.3 Å². The minimum atomic E-state index is -0.302. The molecule has 0 aliphatic carbocycles. The zero-order valence-corrected chi connectivity index (χ0v) is 11.8. The van der Waals surface area contributed by atoms with Crippen molar-refractivity contribution in [2.45, 2.75) is 26.4 Å². The maximum atomic E-state index is 12.2. The first-order valence-electron chi connectivity index (χ1n) is 6.14. The maximum Gasteiger partial charge on any atom is 0.166 e. The molecule has 2 nitrogen and oxygen atoms in total. The lowest BCUT2D eigenvalue weighted by Gasteiger charge is -2.17. The highest BCUT2D eigenvalue weighted by Gasteiger charge is 2.22. The Labute approximate surface area is 112 Å². The number of carbonyl (C=O) groups excluding carboxylic acids is 1. The van der Waals surface area contributed by atoms with E-state index >= 15 is 0 Å². The molecule has 0 saturated heterocycles. The number of carbonyl (C=O) groups is 1. The molecule has 1 aromatic carbocycles. The lowest BCUT2D eigenvalue weighted by atomic mass is 9.97. The molecular weight excluding hydrogens is 244 g/mol. The number of Topliss-reactive ketones (excluding diaryl/α,β-unsaturated/α-hetero) is 1. The Hall–Kier alpha value is -1.19. The van der Waals surface area contributed by atoms with E-state index < -0.39 is 0 Å². The van der Waals surface area contributed by atoms with E-state index in [0.717, 1.165) is 5.56 Å². The van der Waals surface area contributed by atoms with Gasteiger partial charge in [0.25, 0.3) is 0 Å². The Morgan fingerprint density at radius 3 is 2.72 bits per heavy atom. The van der Waals surface area contributed by atoms with Crippen molar-refractivity contribution in [3.63, 3.8) is 0 Å². The average Bonchev–Trinajstić information content (AvgIpc) is 2.73. The molecule has 3 heteroatoms. The molecule has 96 valence electrons. The fourth-order valence-electron chi connectivity index (χ4n) is 2.23. The number of ketones is 1. The number of fused-ring (bicyclic) bond motifs is 1. The molecule has 0 amide bonds. The molecule has 0 N–H and O–H groups in total. The van der Waals surface area contributed by atoms with Crippen molar-refractivity contribution in [2.75, 3.05) is 7.11 Å². The first-order valence-corrected chi connectivity index (χ1v) is 7.02. The van der Waals surface area contributed by atoms with Gasteiger partial charge in [-0.2, -0.15) is 0 Å². The SMILES string of the molecule is COC(C(=O)Cc1csc2ccccc12)C(C)C. The van der Waals surface area contributed by atoms with E-state index in [1.807, 2.05) is 26.0 Å². The zero-order chi connectivity index (χ0) is 13.1. The number of ether oxygens (including phenoxy) is 1. The van der Waals surface area contributed by atoms with Crippen molar-refractivity contribution >= 4 is 27.2 Å². The fraction of sp³-hybridized carbons (Fsp3) is 0.400. The first-order chi connectivity index (χ1) is 8.63. The molecule has 0 bridgehead atoms. The molecule has 0 aliphatic heterocycles. The average molecular weight is 262 g/mol. The van der Waals surface area contributed by atoms with Gasteiger partial charge in [-0.15, -0.1) is 11.3 Å². The van der Waals surface area contributed by atoms with Gasteiger partial charge >= 0.3 is 0 Å². The Kier molecular flexibility index (Phi) is 4.15. The fourth-order valence-corrected chi connectivity index (χ4v) is 3.20. The molecule has 1 aromatic heterocycles. The summed E-state index contributed by atoms with van der Waals surface area (Å²) in [5, 5.41) is 3.27. The Balaban J connectivity index is 2.21. The van der Waals surface area contributed by atoms with E-state index in [4.69, 9.17) is 4.74 Å². The summed E-state index contributed by atoms with van der Waals surface area (Å²) in [6.07, 6.45) is 0.157. The Morgan fingerprint density at radius 1 is 1.33 bits per heavy atom. The monoisotopic (exact) mass is 262 g/mol. The molecule has 18 heavy (non-hydrogen) atoms. The van der Waals surface area contributed by atoms with Crippen LogP contribution in [-0.4, -0.2) is 19.0 Å². The minimum Gasteiger partial charge on any atom is -0.373 e. The number of thiophene rings is 1. The molecule has 0 spiro atoms. The normalized spacial score (nSPS) is 13.1. The van der Waals surface area contributed by atoms with E-state index in [0.29, 0.717) is 6.42 Å². The molecule has 1 unspecified atom stereocenters. The molecule has 0 fully saturated rings. The lowest BCUT2D eigenvalue weighted by Crippen LogP contribution is -2.29. The van der Waals surface area contributed by atoms with Gasteiger partial charge in [0.1, 0.15) is 6.10 Å². The number of benzene rings is 1. The molecule has 0 aliphatic rings. The number of hydrogen-bond donors (Lipinski definition) is 0. The van der Waals surface area contributed by atoms with Crippen LogP contribution in [-0.2, 0) is 16.0 Å². The second kappa shape index (κ2) is 5.63. The van der Waals surface area contributed by atoms with Gasteiger partial charge in [-0.25, -0.2) is 0 Å². The van der Waals surface area contributed by atoms with E-state index in [-0.39, 0.29) is 17.8 Å². The third-order valence-corrected chi connectivity index (χ3v) is 4.11. The van der Waals surface area contributed by atoms with Gasteiger partial charge in [-0.3, -0.25) is 4.79 Å². The summed E-state index contributed by atoms with van der Waals surface area (Å²) < 4.78 is 6.52. The van der Waals surface area contributed by atoms with Gasteiger partial charge in [0, 0.05) is 18.2 Å². The van der Waals surface area contributed by atoms with Crippen LogP contribution in [0.1, 0.15) is 19.4 Å². The smallest absolute Gasteiger partial charge is 0.166 e. The predicted octanol–water partition coefficient (Wildman–Crippen LogP) is 3.68. The largest absolute Gasteiger partial charge is 0.373 e. The number of hydrogen-bond acceptors (Lipinski definition) is 3. The molecule has 0 radical (unpaired) electrons. The van der Waals surface area contributed by atoms with E-state index in [2.05, 4.69) is 17.5 Å². The Morgan fingerprint density at radius 2 is 2.06 bits per heavy atom. The summed E-state index contributed by atoms with van der Waals surface area (Å²) in [7, 11) is 1.61. The predicted molar refractivity (Wildman–Crippen MR) is 76.2 cm³/mol. The summed E-state index contributed by atoms with van der Waals surface area (Å²) in [6, 6.07) is 8.20. The Bertz CT molecular complexity index is 542. The van der Waals surface area contributed by atoms with Crippen molar-refractivity contribution in [1.29, 1.82) is 0 Å². The van der Waals surface area contributed by atoms with E-state index in [1.54, 1.807) is 18.4 Å². The molecule has 1 atom stereocenters. The minimum absolute atomic E-state index is 0.163. The third kappa shape index (κ3) is 2.62. The second-order valence-corrected chi connectivity index (χ2v) is 5.71. The summed E-state index contributed by atoms with van der Waals surface area (Å²) in [5.74, 6) is 0.378. The summed E-state index contributed by atoms with van der Waals surface area (Å²) in [5.41, 5.74) is 1.11. The lowest BCUT2D eigenvalue weighted by molar-refractivity contribution is -0.130. The topological polar surface area (TPSA) is 26.3 Å². The van der Waals surface area contributed by atoms with Gasteiger partial charge in [0.2, 0.25) is 0 Å².